The van der Waals surface area contributed by atoms with E-state index in [-0.39, 0.29) is 11.5 Å². The summed E-state index contributed by atoms with van der Waals surface area (Å²) in [5, 5.41) is 9.38. The van der Waals surface area contributed by atoms with Crippen LogP contribution in [0.2, 0.25) is 0 Å². The third kappa shape index (κ3) is 4.03. The number of nitrogens with zero attached hydrogens (tertiary/aromatic N) is 2. The second-order valence-corrected chi connectivity index (χ2v) is 7.83. The van der Waals surface area contributed by atoms with Gasteiger partial charge in [-0.2, -0.15) is 0 Å². The van der Waals surface area contributed by atoms with Gasteiger partial charge in [-0.15, -0.1) is 0 Å². The zero-order chi connectivity index (χ0) is 18.7. The highest BCUT2D eigenvalue weighted by molar-refractivity contribution is 5.74. The van der Waals surface area contributed by atoms with Crippen LogP contribution in [0, 0.1) is 5.41 Å². The number of rotatable bonds is 6. The van der Waals surface area contributed by atoms with E-state index in [1.807, 2.05) is 18.0 Å². The molecule has 0 amide bonds. The van der Waals surface area contributed by atoms with Gasteiger partial charge in [0, 0.05) is 25.8 Å². The lowest BCUT2D eigenvalue weighted by Crippen LogP contribution is -2.40. The number of piperidine rings is 1. The minimum atomic E-state index is -0.685. The normalized spacial score (nSPS) is 23.4. The SMILES string of the molecule is COCc1cc(CN2CCC3(CC2)C[C@H](C(=O)O)N(C)C3)ccc1OC. The first kappa shape index (κ1) is 19.1. The van der Waals surface area contributed by atoms with Crippen LogP contribution in [0.4, 0.5) is 0 Å². The van der Waals surface area contributed by atoms with E-state index < -0.39 is 5.97 Å². The van der Waals surface area contributed by atoms with Crippen molar-refractivity contribution in [3.63, 3.8) is 0 Å². The summed E-state index contributed by atoms with van der Waals surface area (Å²) >= 11 is 0. The fourth-order valence-electron chi connectivity index (χ4n) is 4.55. The molecule has 1 atom stereocenters. The second kappa shape index (κ2) is 7.94. The molecule has 2 aliphatic heterocycles. The third-order valence-corrected chi connectivity index (χ3v) is 6.00. The predicted octanol–water partition coefficient (Wildman–Crippen LogP) is 2.21. The molecule has 6 heteroatoms. The molecular weight excluding hydrogens is 332 g/mol. The number of likely N-dealkylation sites (N-methyl/N-ethyl adjacent to an activating group) is 1. The molecule has 2 saturated heterocycles. The Balaban J connectivity index is 1.59. The zero-order valence-corrected chi connectivity index (χ0v) is 16.0. The van der Waals surface area contributed by atoms with Crippen LogP contribution in [0.15, 0.2) is 18.2 Å². The average molecular weight is 362 g/mol. The summed E-state index contributed by atoms with van der Waals surface area (Å²) in [6.07, 6.45) is 2.93. The summed E-state index contributed by atoms with van der Waals surface area (Å²) < 4.78 is 10.7. The molecule has 3 rings (SSSR count). The van der Waals surface area contributed by atoms with Crippen molar-refractivity contribution < 1.29 is 19.4 Å². The smallest absolute Gasteiger partial charge is 0.320 e. The lowest BCUT2D eigenvalue weighted by atomic mass is 9.76. The Morgan fingerprint density at radius 2 is 2.04 bits per heavy atom. The molecule has 1 N–H and O–H groups in total. The van der Waals surface area contributed by atoms with Gasteiger partial charge in [-0.05, 0) is 62.5 Å². The number of hydrogen-bond acceptors (Lipinski definition) is 5. The molecule has 2 heterocycles. The van der Waals surface area contributed by atoms with Crippen molar-refractivity contribution in [2.75, 3.05) is 40.9 Å². The van der Waals surface area contributed by atoms with E-state index >= 15 is 0 Å². The fraction of sp³-hybridized carbons (Fsp3) is 0.650. The maximum atomic E-state index is 11.4. The number of aliphatic carboxylic acids is 1. The van der Waals surface area contributed by atoms with Crippen LogP contribution in [0.5, 0.6) is 5.75 Å². The van der Waals surface area contributed by atoms with E-state index in [1.165, 1.54) is 5.56 Å². The Morgan fingerprint density at radius 3 is 2.62 bits per heavy atom. The Kier molecular flexibility index (Phi) is 5.85. The summed E-state index contributed by atoms with van der Waals surface area (Å²) in [5.74, 6) is 0.178. The summed E-state index contributed by atoms with van der Waals surface area (Å²) in [4.78, 5) is 15.9. The van der Waals surface area contributed by atoms with Crippen LogP contribution in [0.25, 0.3) is 0 Å². The molecule has 26 heavy (non-hydrogen) atoms. The quantitative estimate of drug-likeness (QED) is 0.837. The molecular formula is C20H30N2O4. The molecule has 0 bridgehead atoms. The molecule has 6 nitrogen and oxygen atoms in total. The summed E-state index contributed by atoms with van der Waals surface area (Å²) in [6, 6.07) is 5.97. The van der Waals surface area contributed by atoms with Gasteiger partial charge in [0.05, 0.1) is 13.7 Å². The first-order valence-corrected chi connectivity index (χ1v) is 9.26. The summed E-state index contributed by atoms with van der Waals surface area (Å²) in [5.41, 5.74) is 2.51. The molecule has 0 radical (unpaired) electrons. The maximum Gasteiger partial charge on any atom is 0.320 e. The average Bonchev–Trinajstić information content (AvgIpc) is 2.94. The Bertz CT molecular complexity index is 641. The van der Waals surface area contributed by atoms with Crippen LogP contribution in [-0.4, -0.2) is 67.8 Å². The van der Waals surface area contributed by atoms with Crippen molar-refractivity contribution in [1.29, 1.82) is 0 Å². The van der Waals surface area contributed by atoms with E-state index in [2.05, 4.69) is 17.0 Å². The minimum absolute atomic E-state index is 0.176. The number of likely N-dealkylation sites (tertiary alicyclic amines) is 2. The van der Waals surface area contributed by atoms with Gasteiger partial charge in [0.1, 0.15) is 11.8 Å². The Morgan fingerprint density at radius 1 is 1.31 bits per heavy atom. The Hall–Kier alpha value is -1.63. The van der Waals surface area contributed by atoms with Gasteiger partial charge in [0.15, 0.2) is 0 Å². The number of carbonyl (C=O) groups is 1. The molecule has 144 valence electrons. The van der Waals surface area contributed by atoms with Gasteiger partial charge in [-0.1, -0.05) is 6.07 Å². The molecule has 2 fully saturated rings. The topological polar surface area (TPSA) is 62.2 Å². The highest BCUT2D eigenvalue weighted by Crippen LogP contribution is 2.43. The van der Waals surface area contributed by atoms with E-state index in [0.717, 1.165) is 56.8 Å². The third-order valence-electron chi connectivity index (χ3n) is 6.00. The molecule has 0 saturated carbocycles. The van der Waals surface area contributed by atoms with E-state index in [4.69, 9.17) is 9.47 Å². The molecule has 0 aliphatic carbocycles. The highest BCUT2D eigenvalue weighted by Gasteiger charge is 2.46. The van der Waals surface area contributed by atoms with Crippen LogP contribution in [-0.2, 0) is 22.7 Å². The number of benzene rings is 1. The van der Waals surface area contributed by atoms with Gasteiger partial charge >= 0.3 is 5.97 Å². The zero-order valence-electron chi connectivity index (χ0n) is 16.0. The molecule has 0 unspecified atom stereocenters. The second-order valence-electron chi connectivity index (χ2n) is 7.83. The van der Waals surface area contributed by atoms with Crippen molar-refractivity contribution in [3.8, 4) is 5.75 Å². The fourth-order valence-corrected chi connectivity index (χ4v) is 4.55. The molecule has 2 aliphatic rings. The number of hydrogen-bond donors (Lipinski definition) is 1. The minimum Gasteiger partial charge on any atom is -0.496 e. The number of carboxylic acids is 1. The lowest BCUT2D eigenvalue weighted by Gasteiger charge is -2.39. The highest BCUT2D eigenvalue weighted by atomic mass is 16.5. The van der Waals surface area contributed by atoms with Gasteiger partial charge in [-0.3, -0.25) is 14.6 Å². The van der Waals surface area contributed by atoms with Crippen LogP contribution < -0.4 is 4.74 Å². The Labute approximate surface area is 155 Å². The van der Waals surface area contributed by atoms with Gasteiger partial charge in [0.2, 0.25) is 0 Å². The van der Waals surface area contributed by atoms with Crippen molar-refractivity contribution >= 4 is 5.97 Å². The van der Waals surface area contributed by atoms with Crippen molar-refractivity contribution in [3.05, 3.63) is 29.3 Å². The van der Waals surface area contributed by atoms with Gasteiger partial charge < -0.3 is 14.6 Å². The molecule has 1 spiro atoms. The summed E-state index contributed by atoms with van der Waals surface area (Å²) in [7, 11) is 5.31. The largest absolute Gasteiger partial charge is 0.496 e. The van der Waals surface area contributed by atoms with E-state index in [1.54, 1.807) is 14.2 Å². The number of carboxylic acid groups (broad SMARTS) is 1. The van der Waals surface area contributed by atoms with Crippen LogP contribution in [0.3, 0.4) is 0 Å². The first-order chi connectivity index (χ1) is 12.5. The molecule has 1 aromatic rings. The monoisotopic (exact) mass is 362 g/mol. The van der Waals surface area contributed by atoms with Gasteiger partial charge in [-0.25, -0.2) is 0 Å². The van der Waals surface area contributed by atoms with Crippen LogP contribution >= 0.6 is 0 Å². The number of methoxy groups -OCH3 is 2. The first-order valence-electron chi connectivity index (χ1n) is 9.26. The standard InChI is InChI=1S/C20H30N2O4/c1-21-14-20(11-17(21)19(23)24)6-8-22(9-7-20)12-15-4-5-18(26-3)16(10-15)13-25-2/h4-5,10,17H,6-9,11-14H2,1-3H3,(H,23,24)/t17-/m1/s1. The van der Waals surface area contributed by atoms with Crippen molar-refractivity contribution in [2.24, 2.45) is 5.41 Å². The van der Waals surface area contributed by atoms with E-state index in [0.29, 0.717) is 6.61 Å². The van der Waals surface area contributed by atoms with E-state index in [9.17, 15) is 9.90 Å². The predicted molar refractivity (Wildman–Crippen MR) is 99.3 cm³/mol. The van der Waals surface area contributed by atoms with Crippen molar-refractivity contribution in [1.82, 2.24) is 9.80 Å². The molecule has 1 aromatic carbocycles. The van der Waals surface area contributed by atoms with Crippen LogP contribution in [0.1, 0.15) is 30.4 Å². The van der Waals surface area contributed by atoms with Crippen molar-refractivity contribution in [2.45, 2.75) is 38.5 Å². The summed E-state index contributed by atoms with van der Waals surface area (Å²) in [6.45, 7) is 4.40. The number of ether oxygens (including phenoxy) is 2. The molecule has 0 aromatic heterocycles. The maximum absolute atomic E-state index is 11.4. The lowest BCUT2D eigenvalue weighted by molar-refractivity contribution is -0.141. The van der Waals surface area contributed by atoms with Gasteiger partial charge in [0.25, 0.3) is 0 Å².